The number of hydrogen-bond acceptors (Lipinski definition) is 0. The van der Waals surface area contributed by atoms with Gasteiger partial charge in [-0.15, -0.1) is 0 Å². The summed E-state index contributed by atoms with van der Waals surface area (Å²) in [7, 11) is 0. The second-order valence-corrected chi connectivity index (χ2v) is 2.45. The van der Waals surface area contributed by atoms with E-state index in [4.69, 9.17) is 0 Å². The van der Waals surface area contributed by atoms with Crippen LogP contribution in [-0.4, -0.2) is 0 Å². The fourth-order valence-corrected chi connectivity index (χ4v) is 0.846. The van der Waals surface area contributed by atoms with E-state index in [-0.39, 0.29) is 0 Å². The molecule has 0 unspecified atom stereocenters. The summed E-state index contributed by atoms with van der Waals surface area (Å²) < 4.78 is 0. The molecule has 0 aromatic carbocycles. The van der Waals surface area contributed by atoms with Gasteiger partial charge in [-0.25, -0.2) is 0 Å². The third kappa shape index (κ3) is 5.61. The third-order valence-corrected chi connectivity index (χ3v) is 1.39. The molecule has 0 bridgehead atoms. The zero-order chi connectivity index (χ0) is 7.82. The first-order valence-corrected chi connectivity index (χ1v) is 3.87. The Morgan fingerprint density at radius 2 is 2.00 bits per heavy atom. The topological polar surface area (TPSA) is 0 Å². The van der Waals surface area contributed by atoms with Gasteiger partial charge in [0, 0.05) is 0 Å². The summed E-state index contributed by atoms with van der Waals surface area (Å²) in [5, 5.41) is 0. The first-order valence-electron chi connectivity index (χ1n) is 3.87. The molecule has 0 aromatic heterocycles. The Bertz CT molecular complexity index is 118. The molecule has 0 aliphatic heterocycles. The van der Waals surface area contributed by atoms with E-state index in [0.717, 1.165) is 0 Å². The Labute approximate surface area is 64.6 Å². The van der Waals surface area contributed by atoms with Gasteiger partial charge in [0.25, 0.3) is 0 Å². The van der Waals surface area contributed by atoms with Crippen molar-refractivity contribution in [2.45, 2.75) is 33.6 Å². The van der Waals surface area contributed by atoms with Crippen molar-refractivity contribution in [1.82, 2.24) is 0 Å². The van der Waals surface area contributed by atoms with Crippen molar-refractivity contribution >= 4 is 0 Å². The van der Waals surface area contributed by atoms with Crippen LogP contribution >= 0.6 is 0 Å². The smallest absolute Gasteiger partial charge is 0.0199 e. The summed E-state index contributed by atoms with van der Waals surface area (Å²) >= 11 is 0. The molecule has 0 saturated heterocycles. The predicted molar refractivity (Wildman–Crippen MR) is 47.8 cm³/mol. The molecule has 0 heterocycles. The van der Waals surface area contributed by atoms with Gasteiger partial charge in [-0.1, -0.05) is 30.7 Å². The molecule has 0 aliphatic carbocycles. The van der Waals surface area contributed by atoms with E-state index >= 15 is 0 Å². The molecule has 57 valence electrons. The molecule has 0 spiro atoms. The highest BCUT2D eigenvalue weighted by molar-refractivity contribution is 5.05. The van der Waals surface area contributed by atoms with Crippen LogP contribution in [0.25, 0.3) is 0 Å². The first-order chi connectivity index (χ1) is 4.81. The van der Waals surface area contributed by atoms with Gasteiger partial charge in [0.1, 0.15) is 0 Å². The zero-order valence-corrected chi connectivity index (χ0v) is 7.22. The van der Waals surface area contributed by atoms with E-state index in [1.807, 2.05) is 0 Å². The normalized spacial score (nSPS) is 12.9. The average Bonchev–Trinajstić information content (AvgIpc) is 1.89. The van der Waals surface area contributed by atoms with Crippen LogP contribution in [0.15, 0.2) is 23.8 Å². The monoisotopic (exact) mass is 137 g/mol. The van der Waals surface area contributed by atoms with Crippen LogP contribution in [0, 0.1) is 6.42 Å². The van der Waals surface area contributed by atoms with Crippen LogP contribution in [0.1, 0.15) is 33.6 Å². The van der Waals surface area contributed by atoms with Gasteiger partial charge in [-0.05, 0) is 33.1 Å². The van der Waals surface area contributed by atoms with Crippen molar-refractivity contribution in [2.24, 2.45) is 0 Å². The van der Waals surface area contributed by atoms with Gasteiger partial charge in [0.15, 0.2) is 0 Å². The van der Waals surface area contributed by atoms with Gasteiger partial charge in [-0.3, -0.25) is 0 Å². The van der Waals surface area contributed by atoms with Crippen LogP contribution in [-0.2, 0) is 0 Å². The van der Waals surface area contributed by atoms with Crippen molar-refractivity contribution < 1.29 is 0 Å². The molecule has 0 N–H and O–H groups in total. The van der Waals surface area contributed by atoms with Crippen molar-refractivity contribution in [1.29, 1.82) is 0 Å². The minimum absolute atomic E-state index is 1.17. The Morgan fingerprint density at radius 1 is 1.30 bits per heavy atom. The molecule has 1 radical (unpaired) electrons. The Kier molecular flexibility index (Phi) is 6.25. The molecule has 0 nitrogen and oxygen atoms in total. The summed E-state index contributed by atoms with van der Waals surface area (Å²) in [6.45, 7) is 6.29. The van der Waals surface area contributed by atoms with E-state index < -0.39 is 0 Å². The van der Waals surface area contributed by atoms with Crippen molar-refractivity contribution in [2.75, 3.05) is 0 Å². The van der Waals surface area contributed by atoms with E-state index in [2.05, 4.69) is 45.4 Å². The standard InChI is InChI=1S/C10H17/c1-4-6-7-9-10(3)8-5-2/h4-6,8H,7,9H2,1-3H3/b6-4?,10-8+. The lowest BCUT2D eigenvalue weighted by Crippen LogP contribution is -1.74. The van der Waals surface area contributed by atoms with Crippen molar-refractivity contribution in [3.63, 3.8) is 0 Å². The number of rotatable bonds is 4. The second kappa shape index (κ2) is 6.60. The summed E-state index contributed by atoms with van der Waals surface area (Å²) in [5.74, 6) is 0. The molecule has 0 aliphatic rings. The van der Waals surface area contributed by atoms with Gasteiger partial charge in [0.2, 0.25) is 0 Å². The largest absolute Gasteiger partial charge is 0.0917 e. The van der Waals surface area contributed by atoms with E-state index in [0.29, 0.717) is 0 Å². The quantitative estimate of drug-likeness (QED) is 0.520. The maximum absolute atomic E-state index is 2.20. The fraction of sp³-hybridized carbons (Fsp3) is 0.500. The van der Waals surface area contributed by atoms with Crippen LogP contribution < -0.4 is 0 Å². The van der Waals surface area contributed by atoms with E-state index in [9.17, 15) is 0 Å². The van der Waals surface area contributed by atoms with Gasteiger partial charge < -0.3 is 0 Å². The lowest BCUT2D eigenvalue weighted by Gasteiger charge is -1.94. The highest BCUT2D eigenvalue weighted by Crippen LogP contribution is 2.04. The minimum atomic E-state index is 1.17. The molecule has 0 aromatic rings. The van der Waals surface area contributed by atoms with Crippen LogP contribution in [0.3, 0.4) is 0 Å². The molecule has 0 atom stereocenters. The number of allylic oxidation sites excluding steroid dienone is 4. The van der Waals surface area contributed by atoms with E-state index in [1.165, 1.54) is 18.4 Å². The SMILES string of the molecule is C[CH]/C=C(\C)CCC=CC. The highest BCUT2D eigenvalue weighted by Gasteiger charge is 1.84. The maximum Gasteiger partial charge on any atom is -0.0199 e. The fourth-order valence-electron chi connectivity index (χ4n) is 0.846. The lowest BCUT2D eigenvalue weighted by molar-refractivity contribution is 0.973. The summed E-state index contributed by atoms with van der Waals surface area (Å²) in [4.78, 5) is 0. The molecule has 0 heteroatoms. The zero-order valence-electron chi connectivity index (χ0n) is 7.22. The summed E-state index contributed by atoms with van der Waals surface area (Å²) in [6, 6.07) is 0. The Hall–Kier alpha value is -0.520. The van der Waals surface area contributed by atoms with Crippen LogP contribution in [0.5, 0.6) is 0 Å². The summed E-state index contributed by atoms with van der Waals surface area (Å²) in [5.41, 5.74) is 1.46. The maximum atomic E-state index is 2.20. The van der Waals surface area contributed by atoms with Gasteiger partial charge in [0.05, 0.1) is 0 Å². The van der Waals surface area contributed by atoms with Gasteiger partial charge in [-0.2, -0.15) is 0 Å². The third-order valence-electron chi connectivity index (χ3n) is 1.39. The highest BCUT2D eigenvalue weighted by atomic mass is 13.9. The Balaban J connectivity index is 3.38. The number of hydrogen-bond donors (Lipinski definition) is 0. The molecule has 10 heavy (non-hydrogen) atoms. The van der Waals surface area contributed by atoms with Crippen LogP contribution in [0.4, 0.5) is 0 Å². The second-order valence-electron chi connectivity index (χ2n) is 2.45. The lowest BCUT2D eigenvalue weighted by atomic mass is 10.1. The van der Waals surface area contributed by atoms with Crippen molar-refractivity contribution in [3.05, 3.63) is 30.2 Å². The summed E-state index contributed by atoms with van der Waals surface area (Å²) in [6.07, 6.45) is 10.9. The molecule has 0 saturated carbocycles. The van der Waals surface area contributed by atoms with Gasteiger partial charge >= 0.3 is 0 Å². The first kappa shape index (κ1) is 9.48. The van der Waals surface area contributed by atoms with Crippen molar-refractivity contribution in [3.8, 4) is 0 Å². The molecule has 0 fully saturated rings. The average molecular weight is 137 g/mol. The van der Waals surface area contributed by atoms with E-state index in [1.54, 1.807) is 0 Å². The molecular formula is C10H17. The molecular weight excluding hydrogens is 120 g/mol. The minimum Gasteiger partial charge on any atom is -0.0917 e. The predicted octanol–water partition coefficient (Wildman–Crippen LogP) is 3.51. The van der Waals surface area contributed by atoms with Crippen LogP contribution in [0.2, 0.25) is 0 Å². The molecule has 0 amide bonds. The Morgan fingerprint density at radius 3 is 2.50 bits per heavy atom. The molecule has 0 rings (SSSR count).